The average Bonchev–Trinajstić information content (AvgIpc) is 2.97. The summed E-state index contributed by atoms with van der Waals surface area (Å²) in [6.07, 6.45) is 3.69. The van der Waals surface area contributed by atoms with Gasteiger partial charge in [0.25, 0.3) is 5.69 Å². The SMILES string of the molecule is COc1cc(/C=C/c2nc3ccc([N+](=O)[O-])cc3s2)cc(I)c1O. The fourth-order valence-electron chi connectivity index (χ4n) is 2.13. The molecule has 0 bridgehead atoms. The molecule has 0 spiro atoms. The number of fused-ring (bicyclic) bond motifs is 1. The number of nitro groups is 1. The Morgan fingerprint density at radius 1 is 1.33 bits per heavy atom. The van der Waals surface area contributed by atoms with Gasteiger partial charge in [-0.15, -0.1) is 11.3 Å². The lowest BCUT2D eigenvalue weighted by molar-refractivity contribution is -0.384. The summed E-state index contributed by atoms with van der Waals surface area (Å²) in [6, 6.07) is 8.17. The molecule has 2 aromatic carbocycles. The van der Waals surface area contributed by atoms with Crippen molar-refractivity contribution in [2.45, 2.75) is 0 Å². The molecule has 0 unspecified atom stereocenters. The quantitative estimate of drug-likeness (QED) is 0.351. The molecule has 0 saturated carbocycles. The number of non-ortho nitro benzene ring substituents is 1. The van der Waals surface area contributed by atoms with Gasteiger partial charge in [0.05, 0.1) is 25.8 Å². The van der Waals surface area contributed by atoms with Crippen LogP contribution in [-0.4, -0.2) is 22.1 Å². The number of thiazole rings is 1. The van der Waals surface area contributed by atoms with Crippen molar-refractivity contribution in [3.8, 4) is 11.5 Å². The Labute approximate surface area is 154 Å². The average molecular weight is 454 g/mol. The van der Waals surface area contributed by atoms with Gasteiger partial charge in [-0.3, -0.25) is 10.1 Å². The fourth-order valence-corrected chi connectivity index (χ4v) is 3.66. The van der Waals surface area contributed by atoms with E-state index in [1.807, 2.05) is 40.8 Å². The molecule has 1 N–H and O–H groups in total. The molecule has 3 rings (SSSR count). The van der Waals surface area contributed by atoms with Crippen molar-refractivity contribution < 1.29 is 14.8 Å². The summed E-state index contributed by atoms with van der Waals surface area (Å²) in [4.78, 5) is 14.8. The van der Waals surface area contributed by atoms with Gasteiger partial charge in [0.1, 0.15) is 5.01 Å². The van der Waals surface area contributed by atoms with Crippen LogP contribution in [-0.2, 0) is 0 Å². The molecular weight excluding hydrogens is 443 g/mol. The maximum absolute atomic E-state index is 10.8. The number of benzene rings is 2. The smallest absolute Gasteiger partial charge is 0.270 e. The maximum Gasteiger partial charge on any atom is 0.270 e. The van der Waals surface area contributed by atoms with E-state index in [1.165, 1.54) is 30.6 Å². The van der Waals surface area contributed by atoms with Crippen molar-refractivity contribution in [1.29, 1.82) is 0 Å². The zero-order chi connectivity index (χ0) is 17.3. The highest BCUT2D eigenvalue weighted by molar-refractivity contribution is 14.1. The highest BCUT2D eigenvalue weighted by Gasteiger charge is 2.10. The number of halogens is 1. The topological polar surface area (TPSA) is 85.5 Å². The predicted molar refractivity (Wildman–Crippen MR) is 103 cm³/mol. The molecule has 1 aromatic heterocycles. The Morgan fingerprint density at radius 3 is 2.83 bits per heavy atom. The summed E-state index contributed by atoms with van der Waals surface area (Å²) >= 11 is 3.41. The van der Waals surface area contributed by atoms with Gasteiger partial charge in [-0.2, -0.15) is 0 Å². The van der Waals surface area contributed by atoms with E-state index in [-0.39, 0.29) is 11.4 Å². The van der Waals surface area contributed by atoms with Crippen LogP contribution >= 0.6 is 33.9 Å². The van der Waals surface area contributed by atoms with Crippen LogP contribution in [0.2, 0.25) is 0 Å². The molecule has 0 radical (unpaired) electrons. The van der Waals surface area contributed by atoms with Crippen LogP contribution in [0.1, 0.15) is 10.6 Å². The van der Waals surface area contributed by atoms with Crippen LogP contribution in [0.3, 0.4) is 0 Å². The standard InChI is InChI=1S/C16H11IN2O4S/c1-23-13-7-9(6-11(17)16(13)20)2-5-15-18-12-4-3-10(19(21)22)8-14(12)24-15/h2-8,20H,1H3/b5-2+. The molecule has 0 fully saturated rings. The third kappa shape index (κ3) is 3.34. The maximum atomic E-state index is 10.8. The second kappa shape index (κ2) is 6.73. The summed E-state index contributed by atoms with van der Waals surface area (Å²) in [5.41, 5.74) is 1.64. The molecule has 6 nitrogen and oxygen atoms in total. The van der Waals surface area contributed by atoms with E-state index in [0.717, 1.165) is 20.8 Å². The van der Waals surface area contributed by atoms with Gasteiger partial charge in [0.15, 0.2) is 11.5 Å². The van der Waals surface area contributed by atoms with Gasteiger partial charge in [0, 0.05) is 12.1 Å². The first kappa shape index (κ1) is 16.7. The minimum atomic E-state index is -0.417. The number of ether oxygens (including phenoxy) is 1. The van der Waals surface area contributed by atoms with Crippen molar-refractivity contribution in [3.05, 3.63) is 54.6 Å². The lowest BCUT2D eigenvalue weighted by Crippen LogP contribution is -1.87. The number of rotatable bonds is 4. The summed E-state index contributed by atoms with van der Waals surface area (Å²) in [7, 11) is 1.50. The summed E-state index contributed by atoms with van der Waals surface area (Å²) in [6.45, 7) is 0. The number of phenols is 1. The molecule has 0 saturated heterocycles. The van der Waals surface area contributed by atoms with Crippen molar-refractivity contribution in [1.82, 2.24) is 4.98 Å². The lowest BCUT2D eigenvalue weighted by atomic mass is 10.2. The van der Waals surface area contributed by atoms with E-state index in [2.05, 4.69) is 4.98 Å². The van der Waals surface area contributed by atoms with E-state index in [1.54, 1.807) is 12.1 Å². The number of methoxy groups -OCH3 is 1. The number of aromatic hydroxyl groups is 1. The first-order valence-corrected chi connectivity index (χ1v) is 8.67. The number of nitrogens with zero attached hydrogens (tertiary/aromatic N) is 2. The Morgan fingerprint density at radius 2 is 2.12 bits per heavy atom. The summed E-state index contributed by atoms with van der Waals surface area (Å²) < 4.78 is 6.59. The van der Waals surface area contributed by atoms with Crippen LogP contribution in [0.15, 0.2) is 30.3 Å². The van der Waals surface area contributed by atoms with Crippen LogP contribution in [0.25, 0.3) is 22.4 Å². The van der Waals surface area contributed by atoms with E-state index in [0.29, 0.717) is 9.32 Å². The third-order valence-electron chi connectivity index (χ3n) is 3.29. The fraction of sp³-hybridized carbons (Fsp3) is 0.0625. The molecule has 0 aliphatic rings. The highest BCUT2D eigenvalue weighted by atomic mass is 127. The van der Waals surface area contributed by atoms with Gasteiger partial charge in [-0.25, -0.2) is 4.98 Å². The van der Waals surface area contributed by atoms with Crippen molar-refractivity contribution in [3.63, 3.8) is 0 Å². The summed E-state index contributed by atoms with van der Waals surface area (Å²) in [5, 5.41) is 21.4. The van der Waals surface area contributed by atoms with Gasteiger partial charge in [-0.05, 0) is 52.4 Å². The monoisotopic (exact) mass is 454 g/mol. The zero-order valence-electron chi connectivity index (χ0n) is 12.4. The van der Waals surface area contributed by atoms with Gasteiger partial charge >= 0.3 is 0 Å². The van der Waals surface area contributed by atoms with Gasteiger partial charge in [-0.1, -0.05) is 6.08 Å². The van der Waals surface area contributed by atoms with Crippen LogP contribution in [0.5, 0.6) is 11.5 Å². The molecule has 122 valence electrons. The lowest BCUT2D eigenvalue weighted by Gasteiger charge is -2.06. The molecule has 24 heavy (non-hydrogen) atoms. The first-order chi connectivity index (χ1) is 11.5. The van der Waals surface area contributed by atoms with E-state index >= 15 is 0 Å². The van der Waals surface area contributed by atoms with Gasteiger partial charge < -0.3 is 9.84 Å². The Balaban J connectivity index is 1.93. The van der Waals surface area contributed by atoms with E-state index in [9.17, 15) is 15.2 Å². The second-order valence-electron chi connectivity index (χ2n) is 4.85. The normalized spacial score (nSPS) is 11.2. The highest BCUT2D eigenvalue weighted by Crippen LogP contribution is 2.33. The number of nitro benzene ring substituents is 1. The number of aromatic nitrogens is 1. The van der Waals surface area contributed by atoms with Crippen molar-refractivity contribution >= 4 is 62.0 Å². The predicted octanol–water partition coefficient (Wildman–Crippen LogP) is 4.69. The number of hydrogen-bond acceptors (Lipinski definition) is 6. The molecule has 0 amide bonds. The van der Waals surface area contributed by atoms with Crippen LogP contribution < -0.4 is 4.74 Å². The first-order valence-electron chi connectivity index (χ1n) is 6.77. The van der Waals surface area contributed by atoms with Crippen LogP contribution in [0.4, 0.5) is 5.69 Å². The Kier molecular flexibility index (Phi) is 4.67. The third-order valence-corrected chi connectivity index (χ3v) is 5.09. The molecule has 0 atom stereocenters. The molecular formula is C16H11IN2O4S. The Hall–Kier alpha value is -2.20. The minimum Gasteiger partial charge on any atom is -0.504 e. The van der Waals surface area contributed by atoms with Crippen molar-refractivity contribution in [2.75, 3.05) is 7.11 Å². The molecule has 0 aliphatic heterocycles. The van der Waals surface area contributed by atoms with E-state index < -0.39 is 4.92 Å². The molecule has 8 heteroatoms. The van der Waals surface area contributed by atoms with Crippen molar-refractivity contribution in [2.24, 2.45) is 0 Å². The number of hydrogen-bond donors (Lipinski definition) is 1. The largest absolute Gasteiger partial charge is 0.504 e. The van der Waals surface area contributed by atoms with Gasteiger partial charge in [0.2, 0.25) is 0 Å². The molecule has 3 aromatic rings. The molecule has 0 aliphatic carbocycles. The van der Waals surface area contributed by atoms with E-state index in [4.69, 9.17) is 4.74 Å². The van der Waals surface area contributed by atoms with Crippen LogP contribution in [0, 0.1) is 13.7 Å². The Bertz CT molecular complexity index is 968. The molecule has 1 heterocycles. The number of phenolic OH excluding ortho intramolecular Hbond substituents is 1. The second-order valence-corrected chi connectivity index (χ2v) is 7.07. The minimum absolute atomic E-state index is 0.0551. The summed E-state index contributed by atoms with van der Waals surface area (Å²) in [5.74, 6) is 0.518. The zero-order valence-corrected chi connectivity index (χ0v) is 15.4.